The number of halogens is 1. The molecule has 0 aliphatic carbocycles. The third kappa shape index (κ3) is 4.35. The van der Waals surface area contributed by atoms with Crippen LogP contribution in [0.1, 0.15) is 17.0 Å². The van der Waals surface area contributed by atoms with Gasteiger partial charge < -0.3 is 9.47 Å². The van der Waals surface area contributed by atoms with Crippen molar-refractivity contribution in [2.24, 2.45) is 5.10 Å². The largest absolute Gasteiger partial charge is 0.493 e. The van der Waals surface area contributed by atoms with Crippen molar-refractivity contribution in [1.82, 2.24) is 15.2 Å². The summed E-state index contributed by atoms with van der Waals surface area (Å²) in [5, 5.41) is 8.20. The standard InChI is InChI=1S/C16H19BrN4O3/c1-10-5-11(2)21(20-10)9-15(22)19-18-8-12-6-13(17)16(24-4)14(7-12)23-3/h5-8H,9H2,1-4H3,(H,19,22)/b18-8-. The lowest BCUT2D eigenvalue weighted by Crippen LogP contribution is -2.24. The van der Waals surface area contributed by atoms with E-state index in [1.807, 2.05) is 26.0 Å². The summed E-state index contributed by atoms with van der Waals surface area (Å²) >= 11 is 3.41. The molecule has 0 fully saturated rings. The molecule has 2 aromatic rings. The number of aryl methyl sites for hydroxylation is 2. The zero-order chi connectivity index (χ0) is 17.7. The van der Waals surface area contributed by atoms with Crippen molar-refractivity contribution in [3.8, 4) is 11.5 Å². The Morgan fingerprint density at radius 3 is 2.67 bits per heavy atom. The predicted molar refractivity (Wildman–Crippen MR) is 94.7 cm³/mol. The molecule has 128 valence electrons. The first-order chi connectivity index (χ1) is 11.4. The van der Waals surface area contributed by atoms with Gasteiger partial charge in [-0.3, -0.25) is 9.48 Å². The number of methoxy groups -OCH3 is 2. The van der Waals surface area contributed by atoms with Crippen LogP contribution >= 0.6 is 15.9 Å². The summed E-state index contributed by atoms with van der Waals surface area (Å²) in [7, 11) is 3.12. The van der Waals surface area contributed by atoms with E-state index in [9.17, 15) is 4.79 Å². The van der Waals surface area contributed by atoms with Crippen LogP contribution in [-0.2, 0) is 11.3 Å². The van der Waals surface area contributed by atoms with E-state index in [1.54, 1.807) is 25.0 Å². The van der Waals surface area contributed by atoms with Gasteiger partial charge in [-0.1, -0.05) is 0 Å². The van der Waals surface area contributed by atoms with Crippen molar-refractivity contribution in [2.45, 2.75) is 20.4 Å². The molecule has 2 rings (SSSR count). The Hall–Kier alpha value is -2.35. The number of hydrazone groups is 1. The molecule has 0 bridgehead atoms. The summed E-state index contributed by atoms with van der Waals surface area (Å²) in [6, 6.07) is 5.50. The zero-order valence-corrected chi connectivity index (χ0v) is 15.5. The van der Waals surface area contributed by atoms with Gasteiger partial charge in [0.1, 0.15) is 6.54 Å². The maximum absolute atomic E-state index is 11.9. The molecule has 0 aliphatic rings. The van der Waals surface area contributed by atoms with Crippen molar-refractivity contribution >= 4 is 28.1 Å². The van der Waals surface area contributed by atoms with Gasteiger partial charge in [0.15, 0.2) is 11.5 Å². The first-order valence-electron chi connectivity index (χ1n) is 7.19. The fourth-order valence-corrected chi connectivity index (χ4v) is 2.82. The van der Waals surface area contributed by atoms with Crippen LogP contribution in [-0.4, -0.2) is 36.1 Å². The summed E-state index contributed by atoms with van der Waals surface area (Å²) in [5.74, 6) is 0.919. The Bertz CT molecular complexity index is 771. The van der Waals surface area contributed by atoms with Gasteiger partial charge in [-0.05, 0) is 53.5 Å². The summed E-state index contributed by atoms with van der Waals surface area (Å²) < 4.78 is 12.9. The fraction of sp³-hybridized carbons (Fsp3) is 0.312. The minimum absolute atomic E-state index is 0.118. The lowest BCUT2D eigenvalue weighted by atomic mass is 10.2. The number of ether oxygens (including phenoxy) is 2. The third-order valence-corrected chi connectivity index (χ3v) is 3.84. The molecule has 7 nitrogen and oxygen atoms in total. The molecule has 1 amide bonds. The average Bonchev–Trinajstić information content (AvgIpc) is 2.84. The summed E-state index contributed by atoms with van der Waals surface area (Å²) in [6.45, 7) is 3.90. The Labute approximate surface area is 148 Å². The summed E-state index contributed by atoms with van der Waals surface area (Å²) in [4.78, 5) is 11.9. The van der Waals surface area contributed by atoms with E-state index in [0.29, 0.717) is 11.5 Å². The molecule has 0 aliphatic heterocycles. The normalized spacial score (nSPS) is 10.9. The van der Waals surface area contributed by atoms with Crippen LogP contribution in [0, 0.1) is 13.8 Å². The van der Waals surface area contributed by atoms with Gasteiger partial charge in [-0.25, -0.2) is 5.43 Å². The number of hydrogen-bond donors (Lipinski definition) is 1. The lowest BCUT2D eigenvalue weighted by molar-refractivity contribution is -0.121. The van der Waals surface area contributed by atoms with E-state index in [1.165, 1.54) is 6.21 Å². The Kier molecular flexibility index (Phi) is 5.97. The van der Waals surface area contributed by atoms with Crippen LogP contribution in [0.25, 0.3) is 0 Å². The van der Waals surface area contributed by atoms with E-state index >= 15 is 0 Å². The van der Waals surface area contributed by atoms with E-state index in [2.05, 4.69) is 31.6 Å². The van der Waals surface area contributed by atoms with Gasteiger partial charge in [0.25, 0.3) is 5.91 Å². The molecule has 0 saturated heterocycles. The molecule has 0 saturated carbocycles. The van der Waals surface area contributed by atoms with Gasteiger partial charge >= 0.3 is 0 Å². The van der Waals surface area contributed by atoms with Gasteiger partial charge in [0, 0.05) is 5.69 Å². The molecule has 1 N–H and O–H groups in total. The minimum atomic E-state index is -0.253. The first-order valence-corrected chi connectivity index (χ1v) is 7.98. The SMILES string of the molecule is COc1cc(/C=N\NC(=O)Cn2nc(C)cc2C)cc(Br)c1OC. The highest BCUT2D eigenvalue weighted by atomic mass is 79.9. The first kappa shape index (κ1) is 18.0. The molecular weight excluding hydrogens is 376 g/mol. The Morgan fingerprint density at radius 2 is 2.08 bits per heavy atom. The second kappa shape index (κ2) is 7.96. The summed E-state index contributed by atoms with van der Waals surface area (Å²) in [5.41, 5.74) is 5.04. The number of aromatic nitrogens is 2. The van der Waals surface area contributed by atoms with Gasteiger partial charge in [-0.15, -0.1) is 0 Å². The van der Waals surface area contributed by atoms with Crippen molar-refractivity contribution in [3.05, 3.63) is 39.6 Å². The fourth-order valence-electron chi connectivity index (χ4n) is 2.20. The topological polar surface area (TPSA) is 77.7 Å². The molecule has 1 heterocycles. The monoisotopic (exact) mass is 394 g/mol. The third-order valence-electron chi connectivity index (χ3n) is 3.26. The molecule has 24 heavy (non-hydrogen) atoms. The minimum Gasteiger partial charge on any atom is -0.493 e. The van der Waals surface area contributed by atoms with Crippen LogP contribution in [0.4, 0.5) is 0 Å². The van der Waals surface area contributed by atoms with E-state index in [0.717, 1.165) is 21.4 Å². The zero-order valence-electron chi connectivity index (χ0n) is 14.0. The summed E-state index contributed by atoms with van der Waals surface area (Å²) in [6.07, 6.45) is 1.53. The van der Waals surface area contributed by atoms with Crippen LogP contribution in [0.5, 0.6) is 11.5 Å². The Morgan fingerprint density at radius 1 is 1.33 bits per heavy atom. The number of rotatable bonds is 6. The number of hydrogen-bond acceptors (Lipinski definition) is 5. The van der Waals surface area contributed by atoms with Crippen molar-refractivity contribution < 1.29 is 14.3 Å². The molecule has 0 unspecified atom stereocenters. The molecule has 1 aromatic carbocycles. The number of carbonyl (C=O) groups excluding carboxylic acids is 1. The number of amides is 1. The van der Waals surface area contributed by atoms with Gasteiger partial charge in [0.2, 0.25) is 0 Å². The number of carbonyl (C=O) groups is 1. The van der Waals surface area contributed by atoms with Crippen molar-refractivity contribution in [3.63, 3.8) is 0 Å². The van der Waals surface area contributed by atoms with Crippen LogP contribution < -0.4 is 14.9 Å². The number of benzene rings is 1. The van der Waals surface area contributed by atoms with Crippen LogP contribution in [0.2, 0.25) is 0 Å². The second-order valence-corrected chi connectivity index (χ2v) is 5.97. The van der Waals surface area contributed by atoms with E-state index in [4.69, 9.17) is 9.47 Å². The average molecular weight is 395 g/mol. The molecule has 0 atom stereocenters. The Balaban J connectivity index is 2.02. The predicted octanol–water partition coefficient (Wildman–Crippen LogP) is 2.43. The molecule has 0 radical (unpaired) electrons. The number of nitrogens with one attached hydrogen (secondary N) is 1. The molecule has 1 aromatic heterocycles. The lowest BCUT2D eigenvalue weighted by Gasteiger charge is -2.10. The highest BCUT2D eigenvalue weighted by Gasteiger charge is 2.10. The van der Waals surface area contributed by atoms with Crippen molar-refractivity contribution in [1.29, 1.82) is 0 Å². The highest BCUT2D eigenvalue weighted by molar-refractivity contribution is 9.10. The molecular formula is C16H19BrN4O3. The van der Waals surface area contributed by atoms with Gasteiger partial charge in [0.05, 0.1) is 30.6 Å². The van der Waals surface area contributed by atoms with Crippen molar-refractivity contribution in [2.75, 3.05) is 14.2 Å². The molecule has 8 heteroatoms. The second-order valence-electron chi connectivity index (χ2n) is 5.12. The smallest absolute Gasteiger partial charge is 0.261 e. The quantitative estimate of drug-likeness (QED) is 0.602. The van der Waals surface area contributed by atoms with Gasteiger partial charge in [-0.2, -0.15) is 10.2 Å². The molecule has 0 spiro atoms. The maximum atomic E-state index is 11.9. The van der Waals surface area contributed by atoms with E-state index in [-0.39, 0.29) is 12.5 Å². The van der Waals surface area contributed by atoms with E-state index < -0.39 is 0 Å². The van der Waals surface area contributed by atoms with Crippen LogP contribution in [0.3, 0.4) is 0 Å². The number of nitrogens with zero attached hydrogens (tertiary/aromatic N) is 3. The highest BCUT2D eigenvalue weighted by Crippen LogP contribution is 2.35. The van der Waals surface area contributed by atoms with Crippen LogP contribution in [0.15, 0.2) is 27.8 Å². The maximum Gasteiger partial charge on any atom is 0.261 e.